The van der Waals surface area contributed by atoms with Crippen LogP contribution in [-0.2, 0) is 30.1 Å². The summed E-state index contributed by atoms with van der Waals surface area (Å²) in [6.45, 7) is 0. The van der Waals surface area contributed by atoms with Crippen LogP contribution in [0.4, 0.5) is 0 Å². The Kier molecular flexibility index (Phi) is 6.91. The van der Waals surface area contributed by atoms with Gasteiger partial charge >= 0.3 is 13.1 Å². The summed E-state index contributed by atoms with van der Waals surface area (Å²) >= 11 is 0. The third kappa shape index (κ3) is 4.56. The molecule has 1 aliphatic rings. The second kappa shape index (κ2) is 10.0. The summed E-state index contributed by atoms with van der Waals surface area (Å²) in [6, 6.07) is 22.5. The number of carbonyl (C=O) groups is 2. The summed E-state index contributed by atoms with van der Waals surface area (Å²) in [5, 5.41) is 2.94. The molecular formula is C26H26BNO5. The first kappa shape index (κ1) is 22.8. The molecule has 33 heavy (non-hydrogen) atoms. The fraction of sp³-hybridized carbons (Fsp3) is 0.231. The van der Waals surface area contributed by atoms with Crippen LogP contribution in [0.2, 0.25) is 0 Å². The van der Waals surface area contributed by atoms with Gasteiger partial charge in [-0.15, -0.1) is 0 Å². The third-order valence-corrected chi connectivity index (χ3v) is 6.02. The molecule has 168 valence electrons. The van der Waals surface area contributed by atoms with E-state index in [0.717, 1.165) is 33.3 Å². The van der Waals surface area contributed by atoms with Crippen molar-refractivity contribution in [1.82, 2.24) is 5.32 Å². The first-order valence-corrected chi connectivity index (χ1v) is 10.8. The lowest BCUT2D eigenvalue weighted by atomic mass is 9.78. The number of ether oxygens (including phenoxy) is 1. The van der Waals surface area contributed by atoms with Crippen LogP contribution in [-0.4, -0.2) is 46.4 Å². The summed E-state index contributed by atoms with van der Waals surface area (Å²) < 4.78 is 15.5. The molecule has 7 heteroatoms. The van der Waals surface area contributed by atoms with Crippen LogP contribution >= 0.6 is 0 Å². The van der Waals surface area contributed by atoms with Crippen molar-refractivity contribution in [3.63, 3.8) is 0 Å². The van der Waals surface area contributed by atoms with Gasteiger partial charge in [0.25, 0.3) is 0 Å². The van der Waals surface area contributed by atoms with Crippen molar-refractivity contribution in [1.29, 1.82) is 0 Å². The Hall–Kier alpha value is -3.42. The number of hydrogen-bond acceptors (Lipinski definition) is 5. The number of methoxy groups -OCH3 is 1. The Morgan fingerprint density at radius 2 is 1.39 bits per heavy atom. The van der Waals surface area contributed by atoms with Gasteiger partial charge in [0.15, 0.2) is 0 Å². The number of benzene rings is 3. The van der Waals surface area contributed by atoms with Gasteiger partial charge in [-0.1, -0.05) is 72.8 Å². The average Bonchev–Trinajstić information content (AvgIpc) is 3.19. The minimum atomic E-state index is -0.811. The monoisotopic (exact) mass is 443 g/mol. The molecule has 0 spiro atoms. The molecule has 0 saturated heterocycles. The van der Waals surface area contributed by atoms with Gasteiger partial charge in [0.1, 0.15) is 6.04 Å². The van der Waals surface area contributed by atoms with E-state index in [1.807, 2.05) is 72.8 Å². The summed E-state index contributed by atoms with van der Waals surface area (Å²) in [7, 11) is 4.01. The molecule has 0 heterocycles. The van der Waals surface area contributed by atoms with E-state index in [1.54, 1.807) is 14.2 Å². The summed E-state index contributed by atoms with van der Waals surface area (Å²) in [4.78, 5) is 26.0. The molecule has 1 amide bonds. The normalized spacial score (nSPS) is 13.1. The molecule has 0 radical (unpaired) electrons. The maximum atomic E-state index is 13.5. The van der Waals surface area contributed by atoms with Gasteiger partial charge in [-0.25, -0.2) is 4.79 Å². The molecule has 1 atom stereocenters. The molecule has 1 aliphatic carbocycles. The van der Waals surface area contributed by atoms with Crippen molar-refractivity contribution < 1.29 is 23.6 Å². The second-order valence-corrected chi connectivity index (χ2v) is 7.94. The number of nitrogens with one attached hydrogen (secondary N) is 1. The highest BCUT2D eigenvalue weighted by Crippen LogP contribution is 2.44. The zero-order valence-electron chi connectivity index (χ0n) is 18.9. The van der Waals surface area contributed by atoms with Gasteiger partial charge in [0, 0.05) is 20.6 Å². The Bertz CT molecular complexity index is 1100. The Morgan fingerprint density at radius 1 is 0.848 bits per heavy atom. The topological polar surface area (TPSA) is 73.9 Å². The summed E-state index contributed by atoms with van der Waals surface area (Å²) in [5.74, 6) is -1.19. The van der Waals surface area contributed by atoms with Crippen LogP contribution in [0.15, 0.2) is 72.8 Å². The van der Waals surface area contributed by atoms with Crippen molar-refractivity contribution in [2.75, 3.05) is 21.3 Å². The van der Waals surface area contributed by atoms with Gasteiger partial charge in [0.05, 0.1) is 13.0 Å². The van der Waals surface area contributed by atoms with Crippen molar-refractivity contribution in [2.45, 2.75) is 18.4 Å². The Balaban J connectivity index is 1.56. The quantitative estimate of drug-likeness (QED) is 0.428. The molecule has 0 bridgehead atoms. The smallest absolute Gasteiger partial charge is 0.467 e. The number of carbonyl (C=O) groups excluding carboxylic acids is 2. The minimum Gasteiger partial charge on any atom is -0.467 e. The predicted molar refractivity (Wildman–Crippen MR) is 127 cm³/mol. The van der Waals surface area contributed by atoms with E-state index in [-0.39, 0.29) is 5.91 Å². The molecule has 3 aromatic rings. The molecule has 0 unspecified atom stereocenters. The standard InChI is InChI=1S/C26H26BNO5/c1-31-26(30)23(16-17-12-14-18(15-13-17)27(32-2)33-3)28-25(29)24-21-10-6-4-8-19(21)20-9-5-7-11-22(20)24/h4-15,23-24H,16H2,1-3H3,(H,28,29)/t23-/m1/s1. The first-order valence-electron chi connectivity index (χ1n) is 10.8. The molecular weight excluding hydrogens is 417 g/mol. The van der Waals surface area contributed by atoms with Gasteiger partial charge in [0.2, 0.25) is 5.91 Å². The number of amides is 1. The fourth-order valence-corrected chi connectivity index (χ4v) is 4.44. The maximum Gasteiger partial charge on any atom is 0.493 e. The Labute approximate surface area is 194 Å². The van der Waals surface area contributed by atoms with Gasteiger partial charge in [-0.2, -0.15) is 0 Å². The number of fused-ring (bicyclic) bond motifs is 3. The van der Waals surface area contributed by atoms with Gasteiger partial charge in [-0.05, 0) is 33.3 Å². The fourth-order valence-electron chi connectivity index (χ4n) is 4.44. The molecule has 0 fully saturated rings. The van der Waals surface area contributed by atoms with E-state index < -0.39 is 25.0 Å². The highest BCUT2D eigenvalue weighted by Gasteiger charge is 2.35. The second-order valence-electron chi connectivity index (χ2n) is 7.94. The molecule has 0 aromatic heterocycles. The van der Waals surface area contributed by atoms with Crippen LogP contribution < -0.4 is 10.8 Å². The van der Waals surface area contributed by atoms with Crippen LogP contribution in [0.1, 0.15) is 22.6 Å². The Morgan fingerprint density at radius 3 is 1.91 bits per heavy atom. The largest absolute Gasteiger partial charge is 0.493 e. The van der Waals surface area contributed by atoms with Crippen molar-refractivity contribution in [3.8, 4) is 11.1 Å². The van der Waals surface area contributed by atoms with Crippen LogP contribution in [0.5, 0.6) is 0 Å². The zero-order chi connectivity index (χ0) is 23.4. The number of esters is 1. The van der Waals surface area contributed by atoms with Crippen molar-refractivity contribution in [2.24, 2.45) is 0 Å². The molecule has 0 saturated carbocycles. The van der Waals surface area contributed by atoms with Crippen LogP contribution in [0, 0.1) is 0 Å². The first-order chi connectivity index (χ1) is 16.1. The van der Waals surface area contributed by atoms with Gasteiger partial charge in [-0.3, -0.25) is 4.79 Å². The van der Waals surface area contributed by atoms with Crippen molar-refractivity contribution >= 4 is 24.5 Å². The van der Waals surface area contributed by atoms with Crippen LogP contribution in [0.3, 0.4) is 0 Å². The van der Waals surface area contributed by atoms with E-state index >= 15 is 0 Å². The van der Waals surface area contributed by atoms with E-state index in [4.69, 9.17) is 14.0 Å². The third-order valence-electron chi connectivity index (χ3n) is 6.02. The molecule has 3 aromatic carbocycles. The molecule has 6 nitrogen and oxygen atoms in total. The number of rotatable bonds is 8. The van der Waals surface area contributed by atoms with E-state index in [2.05, 4.69) is 5.32 Å². The molecule has 4 rings (SSSR count). The summed E-state index contributed by atoms with van der Waals surface area (Å²) in [6.07, 6.45) is 0.305. The minimum absolute atomic E-state index is 0.224. The average molecular weight is 443 g/mol. The van der Waals surface area contributed by atoms with E-state index in [1.165, 1.54) is 7.11 Å². The lowest BCUT2D eigenvalue weighted by Crippen LogP contribution is -2.45. The highest BCUT2D eigenvalue weighted by molar-refractivity contribution is 6.61. The predicted octanol–water partition coefficient (Wildman–Crippen LogP) is 2.69. The summed E-state index contributed by atoms with van der Waals surface area (Å²) in [5.41, 5.74) is 5.71. The van der Waals surface area contributed by atoms with Crippen molar-refractivity contribution in [3.05, 3.63) is 89.5 Å². The lowest BCUT2D eigenvalue weighted by Gasteiger charge is -2.20. The van der Waals surface area contributed by atoms with Gasteiger partial charge < -0.3 is 19.4 Å². The lowest BCUT2D eigenvalue weighted by molar-refractivity contribution is -0.145. The number of hydrogen-bond donors (Lipinski definition) is 1. The van der Waals surface area contributed by atoms with E-state index in [9.17, 15) is 9.59 Å². The molecule has 0 aliphatic heterocycles. The zero-order valence-corrected chi connectivity index (χ0v) is 18.9. The highest BCUT2D eigenvalue weighted by atomic mass is 16.6. The maximum absolute atomic E-state index is 13.5. The molecule has 1 N–H and O–H groups in total. The van der Waals surface area contributed by atoms with Crippen LogP contribution in [0.25, 0.3) is 11.1 Å². The SMILES string of the molecule is COB(OC)c1ccc(C[C@@H](NC(=O)C2c3ccccc3-c3ccccc32)C(=O)OC)cc1. The van der Waals surface area contributed by atoms with E-state index in [0.29, 0.717) is 6.42 Å².